The van der Waals surface area contributed by atoms with E-state index in [9.17, 15) is 4.79 Å². The maximum Gasteiger partial charge on any atom is 0.266 e. The van der Waals surface area contributed by atoms with Crippen LogP contribution in [-0.4, -0.2) is 26.9 Å². The van der Waals surface area contributed by atoms with Gasteiger partial charge >= 0.3 is 0 Å². The van der Waals surface area contributed by atoms with Crippen LogP contribution in [0.25, 0.3) is 16.6 Å². The Hall–Kier alpha value is -3.63. The molecule has 29 heavy (non-hydrogen) atoms. The average Bonchev–Trinajstić information content (AvgIpc) is 2.78. The van der Waals surface area contributed by atoms with E-state index in [1.54, 1.807) is 53.4 Å². The molecule has 4 rings (SSSR count). The van der Waals surface area contributed by atoms with E-state index >= 15 is 0 Å². The molecule has 0 fully saturated rings. The molecule has 0 amide bonds. The van der Waals surface area contributed by atoms with E-state index in [1.807, 2.05) is 24.3 Å². The molecule has 4 aromatic rings. The van der Waals surface area contributed by atoms with Crippen LogP contribution in [0.4, 0.5) is 0 Å². The number of hydrogen-bond donors (Lipinski definition) is 0. The maximum absolute atomic E-state index is 13.1. The normalized spacial score (nSPS) is 10.6. The van der Waals surface area contributed by atoms with Crippen LogP contribution in [0.15, 0.2) is 83.0 Å². The fourth-order valence-electron chi connectivity index (χ4n) is 2.84. The Kier molecular flexibility index (Phi) is 5.54. The summed E-state index contributed by atoms with van der Waals surface area (Å²) in [6, 6.07) is 20.0. The first-order valence-electron chi connectivity index (χ1n) is 8.94. The van der Waals surface area contributed by atoms with Crippen LogP contribution < -0.4 is 10.3 Å². The minimum absolute atomic E-state index is 0.126. The van der Waals surface area contributed by atoms with Gasteiger partial charge in [-0.25, -0.2) is 4.98 Å². The van der Waals surface area contributed by atoms with Crippen LogP contribution in [0.2, 0.25) is 0 Å². The number of pyridine rings is 1. The topological polar surface area (TPSA) is 80.8 Å². The molecule has 0 saturated carbocycles. The van der Waals surface area contributed by atoms with Crippen LogP contribution in [0.3, 0.4) is 0 Å². The summed E-state index contributed by atoms with van der Waals surface area (Å²) in [6.45, 7) is 0.437. The van der Waals surface area contributed by atoms with Gasteiger partial charge in [-0.05, 0) is 48.5 Å². The van der Waals surface area contributed by atoms with Gasteiger partial charge in [0.15, 0.2) is 5.16 Å². The van der Waals surface area contributed by atoms with E-state index in [0.29, 0.717) is 45.4 Å². The monoisotopic (exact) mass is 400 g/mol. The molecule has 0 spiro atoms. The first-order chi connectivity index (χ1) is 14.3. The summed E-state index contributed by atoms with van der Waals surface area (Å²) in [5.74, 6) is 1.30. The van der Waals surface area contributed by atoms with E-state index in [2.05, 4.69) is 16.0 Å². The number of ether oxygens (including phenoxy) is 1. The Labute approximate surface area is 171 Å². The number of benzene rings is 2. The zero-order chi connectivity index (χ0) is 20.1. The molecule has 2 heterocycles. The highest BCUT2D eigenvalue weighted by Gasteiger charge is 2.13. The van der Waals surface area contributed by atoms with Crippen LogP contribution in [-0.2, 0) is 0 Å². The van der Waals surface area contributed by atoms with Crippen molar-refractivity contribution < 1.29 is 4.74 Å². The lowest BCUT2D eigenvalue weighted by Gasteiger charge is -2.13. The molecule has 142 valence electrons. The van der Waals surface area contributed by atoms with Crippen molar-refractivity contribution in [1.82, 2.24) is 14.5 Å². The molecular weight excluding hydrogens is 384 g/mol. The molecule has 0 radical (unpaired) electrons. The minimum Gasteiger partial charge on any atom is -0.493 e. The van der Waals surface area contributed by atoms with E-state index < -0.39 is 0 Å². The average molecular weight is 400 g/mol. The molecule has 0 atom stereocenters. The quantitative estimate of drug-likeness (QED) is 0.278. The molecule has 2 aromatic heterocycles. The number of nitriles is 1. The fraction of sp³-hybridized carbons (Fsp3) is 0.0909. The largest absolute Gasteiger partial charge is 0.493 e. The first kappa shape index (κ1) is 18.7. The predicted octanol–water partition coefficient (Wildman–Crippen LogP) is 3.82. The zero-order valence-corrected chi connectivity index (χ0v) is 16.2. The number of aromatic nitrogens is 3. The second kappa shape index (κ2) is 8.59. The van der Waals surface area contributed by atoms with E-state index in [0.717, 1.165) is 0 Å². The molecule has 6 nitrogen and oxygen atoms in total. The van der Waals surface area contributed by atoms with Crippen molar-refractivity contribution in [3.05, 3.63) is 89.0 Å². The van der Waals surface area contributed by atoms with Crippen LogP contribution >= 0.6 is 11.8 Å². The third kappa shape index (κ3) is 4.13. The summed E-state index contributed by atoms with van der Waals surface area (Å²) < 4.78 is 7.32. The Morgan fingerprint density at radius 1 is 1.07 bits per heavy atom. The Morgan fingerprint density at radius 3 is 2.66 bits per heavy atom. The summed E-state index contributed by atoms with van der Waals surface area (Å²) in [6.07, 6.45) is 3.32. The third-order valence-corrected chi connectivity index (χ3v) is 5.12. The van der Waals surface area contributed by atoms with Crippen molar-refractivity contribution >= 4 is 22.7 Å². The Bertz CT molecular complexity index is 1230. The summed E-state index contributed by atoms with van der Waals surface area (Å²) in [4.78, 5) is 21.9. The molecule has 0 unspecified atom stereocenters. The Morgan fingerprint density at radius 2 is 1.90 bits per heavy atom. The van der Waals surface area contributed by atoms with E-state index in [4.69, 9.17) is 10.00 Å². The van der Waals surface area contributed by atoms with Crippen molar-refractivity contribution in [3.8, 4) is 17.5 Å². The fourth-order valence-corrected chi connectivity index (χ4v) is 3.67. The van der Waals surface area contributed by atoms with Gasteiger partial charge in [-0.15, -0.1) is 0 Å². The molecule has 0 aliphatic rings. The van der Waals surface area contributed by atoms with Crippen LogP contribution in [0.5, 0.6) is 5.75 Å². The van der Waals surface area contributed by atoms with Crippen molar-refractivity contribution in [2.24, 2.45) is 0 Å². The second-order valence-corrected chi connectivity index (χ2v) is 7.16. The van der Waals surface area contributed by atoms with Gasteiger partial charge in [-0.2, -0.15) is 5.26 Å². The van der Waals surface area contributed by atoms with Gasteiger partial charge in [-0.3, -0.25) is 14.3 Å². The minimum atomic E-state index is -0.126. The SMILES string of the molecule is N#Cc1ccc(OCCSc2nc3ccccc3c(=O)n2-c2cccnc2)cc1. The van der Waals surface area contributed by atoms with Gasteiger partial charge in [0.25, 0.3) is 5.56 Å². The zero-order valence-electron chi connectivity index (χ0n) is 15.4. The molecule has 0 bridgehead atoms. The van der Waals surface area contributed by atoms with Crippen molar-refractivity contribution in [2.45, 2.75) is 5.16 Å². The molecule has 7 heteroatoms. The predicted molar refractivity (Wildman–Crippen MR) is 113 cm³/mol. The van der Waals surface area contributed by atoms with Gasteiger partial charge < -0.3 is 4.74 Å². The summed E-state index contributed by atoms with van der Waals surface area (Å²) in [5.41, 5.74) is 1.80. The summed E-state index contributed by atoms with van der Waals surface area (Å²) in [7, 11) is 0. The van der Waals surface area contributed by atoms with E-state index in [1.165, 1.54) is 11.8 Å². The molecule has 0 saturated heterocycles. The highest BCUT2D eigenvalue weighted by Crippen LogP contribution is 2.21. The second-order valence-electron chi connectivity index (χ2n) is 6.10. The van der Waals surface area contributed by atoms with Crippen LogP contribution in [0.1, 0.15) is 5.56 Å². The molecule has 0 N–H and O–H groups in total. The van der Waals surface area contributed by atoms with Crippen molar-refractivity contribution in [2.75, 3.05) is 12.4 Å². The summed E-state index contributed by atoms with van der Waals surface area (Å²) >= 11 is 1.44. The van der Waals surface area contributed by atoms with Gasteiger partial charge in [0, 0.05) is 11.9 Å². The number of rotatable bonds is 6. The van der Waals surface area contributed by atoms with Crippen LogP contribution in [0, 0.1) is 11.3 Å². The van der Waals surface area contributed by atoms with Crippen molar-refractivity contribution in [1.29, 1.82) is 5.26 Å². The lowest BCUT2D eigenvalue weighted by Crippen LogP contribution is -2.22. The first-order valence-corrected chi connectivity index (χ1v) is 9.93. The van der Waals surface area contributed by atoms with Crippen molar-refractivity contribution in [3.63, 3.8) is 0 Å². The van der Waals surface area contributed by atoms with Gasteiger partial charge in [0.2, 0.25) is 0 Å². The number of hydrogen-bond acceptors (Lipinski definition) is 6. The van der Waals surface area contributed by atoms with E-state index in [-0.39, 0.29) is 5.56 Å². The molecule has 0 aliphatic heterocycles. The summed E-state index contributed by atoms with van der Waals surface area (Å²) in [5, 5.41) is 10.0. The molecular formula is C22H16N4O2S. The standard InChI is InChI=1S/C22H16N4O2S/c23-14-16-7-9-18(10-8-16)28-12-13-29-22-25-20-6-2-1-5-19(20)21(27)26(22)17-4-3-11-24-15-17/h1-11,15H,12-13H2. The van der Waals surface area contributed by atoms with Gasteiger partial charge in [-0.1, -0.05) is 23.9 Å². The highest BCUT2D eigenvalue weighted by atomic mass is 32.2. The lowest BCUT2D eigenvalue weighted by molar-refractivity contribution is 0.344. The number of fused-ring (bicyclic) bond motifs is 1. The number of nitrogens with zero attached hydrogens (tertiary/aromatic N) is 4. The number of thioether (sulfide) groups is 1. The smallest absolute Gasteiger partial charge is 0.266 e. The number of para-hydroxylation sites is 1. The van der Waals surface area contributed by atoms with Gasteiger partial charge in [0.05, 0.1) is 41.0 Å². The lowest BCUT2D eigenvalue weighted by atomic mass is 10.2. The Balaban J connectivity index is 1.57. The third-order valence-electron chi connectivity index (χ3n) is 4.22. The molecule has 2 aromatic carbocycles. The molecule has 0 aliphatic carbocycles. The maximum atomic E-state index is 13.1. The highest BCUT2D eigenvalue weighted by molar-refractivity contribution is 7.99. The van der Waals surface area contributed by atoms with Gasteiger partial charge in [0.1, 0.15) is 5.75 Å².